The Bertz CT molecular complexity index is 1560. The molecule has 1 aromatic carbocycles. The number of pyridine rings is 1. The summed E-state index contributed by atoms with van der Waals surface area (Å²) in [7, 11) is 0. The average molecular weight is 789 g/mol. The summed E-state index contributed by atoms with van der Waals surface area (Å²) in [5.74, 6) is 3.33. The largest absolute Gasteiger partial charge is 0.346 e. The first-order chi connectivity index (χ1) is 24.8. The van der Waals surface area contributed by atoms with Gasteiger partial charge in [0, 0.05) is 23.2 Å². The van der Waals surface area contributed by atoms with Crippen LogP contribution in [0.3, 0.4) is 0 Å². The molecule has 7 aromatic heterocycles. The molecule has 4 N–H and O–H groups in total. The van der Waals surface area contributed by atoms with E-state index in [1.165, 1.54) is 12.7 Å². The summed E-state index contributed by atoms with van der Waals surface area (Å²) < 4.78 is 0. The molecule has 0 aliphatic heterocycles. The Morgan fingerprint density at radius 1 is 0.439 bits per heavy atom. The van der Waals surface area contributed by atoms with E-state index in [2.05, 4.69) is 143 Å². The topological polar surface area (TPSA) is 166 Å². The number of benzene rings is 1. The Labute approximate surface area is 346 Å². The number of hydrogen-bond donors (Lipinski definition) is 4. The minimum Gasteiger partial charge on any atom is -0.346 e. The number of aromatic amines is 4. The van der Waals surface area contributed by atoms with Crippen molar-refractivity contribution in [3.8, 4) is 0 Å². The van der Waals surface area contributed by atoms with Crippen LogP contribution in [-0.4, -0.2) is 60.0 Å². The normalized spacial score (nSPS) is 8.98. The third-order valence-corrected chi connectivity index (χ3v) is 4.87. The predicted octanol–water partition coefficient (Wildman–Crippen LogP) is 13.7. The van der Waals surface area contributed by atoms with Gasteiger partial charge >= 0.3 is 0 Å². The summed E-state index contributed by atoms with van der Waals surface area (Å²) in [6, 6.07) is 14.0. The molecule has 320 valence electrons. The quantitative estimate of drug-likeness (QED) is 0.118. The van der Waals surface area contributed by atoms with Crippen molar-refractivity contribution in [1.82, 2.24) is 60.0 Å². The molecule has 0 aliphatic carbocycles. The zero-order valence-corrected chi connectivity index (χ0v) is 33.1. The number of aromatic nitrogens is 12. The van der Waals surface area contributed by atoms with Gasteiger partial charge in [-0.3, -0.25) is 5.10 Å². The van der Waals surface area contributed by atoms with Gasteiger partial charge in [-0.25, -0.2) is 34.9 Å². The summed E-state index contributed by atoms with van der Waals surface area (Å²) in [6.07, 6.45) is 15.0. The number of fused-ring (bicyclic) bond motifs is 4. The van der Waals surface area contributed by atoms with E-state index in [1.54, 1.807) is 31.2 Å². The van der Waals surface area contributed by atoms with E-state index < -0.39 is 0 Å². The Kier molecular flexibility index (Phi) is 38.5. The molecule has 12 nitrogen and oxygen atoms in total. The monoisotopic (exact) mass is 789 g/mol. The van der Waals surface area contributed by atoms with Crippen LogP contribution in [0, 0.1) is 23.7 Å². The van der Waals surface area contributed by atoms with Crippen LogP contribution in [0.2, 0.25) is 0 Å². The lowest BCUT2D eigenvalue weighted by Crippen LogP contribution is -1.76. The number of nitrogens with one attached hydrogen (secondary N) is 4. The number of para-hydroxylation sites is 1. The van der Waals surface area contributed by atoms with Crippen molar-refractivity contribution < 1.29 is 0 Å². The Morgan fingerprint density at radius 2 is 0.877 bits per heavy atom. The highest BCUT2D eigenvalue weighted by Gasteiger charge is 1.92. The molecule has 0 spiro atoms. The maximum Gasteiger partial charge on any atom is 0.180 e. The Morgan fingerprint density at radius 3 is 1.30 bits per heavy atom. The van der Waals surface area contributed by atoms with Gasteiger partial charge in [0.25, 0.3) is 0 Å². The van der Waals surface area contributed by atoms with E-state index in [1.807, 2.05) is 54.9 Å². The zero-order chi connectivity index (χ0) is 38.7. The van der Waals surface area contributed by atoms with E-state index in [0.29, 0.717) is 11.3 Å². The van der Waals surface area contributed by atoms with E-state index in [-0.39, 0.29) is 37.1 Å². The lowest BCUT2D eigenvalue weighted by atomic mass is 10.3. The van der Waals surface area contributed by atoms with Crippen molar-refractivity contribution in [2.45, 2.75) is 120 Å². The molecule has 0 unspecified atom stereocenters. The summed E-state index contributed by atoms with van der Waals surface area (Å²) >= 11 is 0. The fourth-order valence-electron chi connectivity index (χ4n) is 3.15. The van der Waals surface area contributed by atoms with Crippen LogP contribution in [0.4, 0.5) is 0 Å². The summed E-state index contributed by atoms with van der Waals surface area (Å²) in [4.78, 5) is 36.1. The molecule has 0 fully saturated rings. The second-order valence-corrected chi connectivity index (χ2v) is 14.1. The predicted molar refractivity (Wildman–Crippen MR) is 251 cm³/mol. The van der Waals surface area contributed by atoms with Gasteiger partial charge in [-0.05, 0) is 47.9 Å². The molecule has 0 bridgehead atoms. The fourth-order valence-corrected chi connectivity index (χ4v) is 3.15. The first kappa shape index (κ1) is 60.7. The fraction of sp³-hybridized carbons (Fsp3) is 0.467. The molecule has 12 heteroatoms. The van der Waals surface area contributed by atoms with Crippen molar-refractivity contribution in [3.05, 3.63) is 98.8 Å². The van der Waals surface area contributed by atoms with Crippen LogP contribution in [0.15, 0.2) is 98.8 Å². The van der Waals surface area contributed by atoms with Crippen molar-refractivity contribution in [1.29, 1.82) is 0 Å². The third kappa shape index (κ3) is 30.4. The number of imidazole rings is 2. The van der Waals surface area contributed by atoms with E-state index >= 15 is 0 Å². The van der Waals surface area contributed by atoms with Crippen molar-refractivity contribution >= 4 is 44.3 Å². The average Bonchev–Trinajstić information content (AvgIpc) is 3.91. The van der Waals surface area contributed by atoms with Gasteiger partial charge in [0.05, 0.1) is 36.8 Å². The second kappa shape index (κ2) is 36.1. The minimum atomic E-state index is 0. The van der Waals surface area contributed by atoms with Gasteiger partial charge in [0.2, 0.25) is 0 Å². The zero-order valence-electron chi connectivity index (χ0n) is 33.1. The smallest absolute Gasteiger partial charge is 0.180 e. The van der Waals surface area contributed by atoms with Gasteiger partial charge in [0.1, 0.15) is 29.3 Å². The summed E-state index contributed by atoms with van der Waals surface area (Å²) in [5, 5.41) is 9.07. The molecule has 8 rings (SSSR count). The molecule has 8 aromatic rings. The van der Waals surface area contributed by atoms with Crippen molar-refractivity contribution in [2.75, 3.05) is 0 Å². The Balaban J connectivity index is -0.000000184. The van der Waals surface area contributed by atoms with Gasteiger partial charge < -0.3 is 15.0 Å². The minimum absolute atomic E-state index is 0. The molecule has 0 radical (unpaired) electrons. The molecular weight excluding hydrogens is 709 g/mol. The van der Waals surface area contributed by atoms with Crippen LogP contribution >= 0.6 is 0 Å². The number of nitrogens with zero attached hydrogens (tertiary/aromatic N) is 8. The van der Waals surface area contributed by atoms with Crippen LogP contribution < -0.4 is 0 Å². The first-order valence-corrected chi connectivity index (χ1v) is 17.7. The molecule has 0 amide bonds. The molecule has 0 saturated carbocycles. The standard InChI is InChI=1S/2C7H6N2.2C5H4N4.4C4H10.5CH4/c1-2-6-3-5-9-7(6)8-4-1;1-2-4-7-6(3-1)5-8-9-7;2*1-4-5(8-2-6-1)9-3-7-4;4*1-4(2)3;;;;;/h2*1-5H,(H,8,9);2*1-3H,(H,6,7,8,9);4*4H,1-3H3;5*1H4. The summed E-state index contributed by atoms with van der Waals surface area (Å²) in [6.45, 7) is 26.0. The van der Waals surface area contributed by atoms with E-state index in [4.69, 9.17) is 0 Å². The maximum absolute atomic E-state index is 4.09. The van der Waals surface area contributed by atoms with Gasteiger partial charge in [-0.2, -0.15) is 5.10 Å². The lowest BCUT2D eigenvalue weighted by molar-refractivity contribution is 0.736. The Hall–Kier alpha value is -5.52. The van der Waals surface area contributed by atoms with Gasteiger partial charge in [-0.1, -0.05) is 138 Å². The lowest BCUT2D eigenvalue weighted by Gasteiger charge is -1.82. The number of rotatable bonds is 0. The third-order valence-electron chi connectivity index (χ3n) is 4.87. The molecule has 0 atom stereocenters. The molecule has 7 heterocycles. The summed E-state index contributed by atoms with van der Waals surface area (Å²) in [5.41, 5.74) is 5.22. The van der Waals surface area contributed by atoms with E-state index in [9.17, 15) is 0 Å². The SMILES string of the molecule is C.C.C.C.C.CC(C)C.CC(C)C.CC(C)C.CC(C)C.c1ccc2[nH]ncc2c1.c1cnc2[nH]ccc2c1.c1ncc2[nH]cnc2n1.c1ncc2[nH]cnc2n1. The van der Waals surface area contributed by atoms with Crippen LogP contribution in [0.5, 0.6) is 0 Å². The van der Waals surface area contributed by atoms with Crippen molar-refractivity contribution in [3.63, 3.8) is 0 Å². The molecule has 57 heavy (non-hydrogen) atoms. The number of H-pyrrole nitrogens is 4. The highest BCUT2D eigenvalue weighted by atomic mass is 15.1. The van der Waals surface area contributed by atoms with Crippen LogP contribution in [0.25, 0.3) is 44.3 Å². The van der Waals surface area contributed by atoms with Gasteiger partial charge in [-0.15, -0.1) is 0 Å². The second-order valence-electron chi connectivity index (χ2n) is 14.1. The van der Waals surface area contributed by atoms with Crippen LogP contribution in [-0.2, 0) is 0 Å². The molecular formula is C45H80N12. The maximum atomic E-state index is 4.09. The first-order valence-electron chi connectivity index (χ1n) is 17.7. The highest BCUT2D eigenvalue weighted by Crippen LogP contribution is 2.07. The molecule has 0 aliphatic rings. The van der Waals surface area contributed by atoms with E-state index in [0.717, 1.165) is 56.6 Å². The highest BCUT2D eigenvalue weighted by molar-refractivity contribution is 5.77. The van der Waals surface area contributed by atoms with Gasteiger partial charge in [0.15, 0.2) is 11.3 Å². The molecule has 0 saturated heterocycles. The van der Waals surface area contributed by atoms with Crippen LogP contribution in [0.1, 0.15) is 120 Å². The number of hydrogen-bond acceptors (Lipinski definition) is 8. The van der Waals surface area contributed by atoms with Crippen molar-refractivity contribution in [2.24, 2.45) is 23.7 Å².